The van der Waals surface area contributed by atoms with Crippen LogP contribution in [-0.4, -0.2) is 16.5 Å². The molecule has 1 N–H and O–H groups in total. The van der Waals surface area contributed by atoms with Gasteiger partial charge in [0.1, 0.15) is 5.60 Å². The summed E-state index contributed by atoms with van der Waals surface area (Å²) in [4.78, 5) is 11.7. The lowest BCUT2D eigenvalue weighted by Gasteiger charge is -2.32. The van der Waals surface area contributed by atoms with Gasteiger partial charge in [-0.25, -0.2) is 0 Å². The molecule has 1 fully saturated rings. The van der Waals surface area contributed by atoms with Gasteiger partial charge in [-0.05, 0) is 25.7 Å². The Morgan fingerprint density at radius 3 is 2.85 bits per heavy atom. The number of hydrogen-bond donors (Lipinski definition) is 1. The number of aliphatic hydroxyl groups is 1. The standard InChI is InChI=1S/C11H16O2/c1-3-6-9-7-5-8-11(13,4-2)10(9)12/h3-4,9,13H,1-2,5-8H2/t9-,11+/m1/s1. The van der Waals surface area contributed by atoms with E-state index in [1.807, 2.05) is 0 Å². The van der Waals surface area contributed by atoms with Crippen molar-refractivity contribution in [1.29, 1.82) is 0 Å². The van der Waals surface area contributed by atoms with Crippen molar-refractivity contribution < 1.29 is 9.90 Å². The van der Waals surface area contributed by atoms with Crippen LogP contribution in [0.4, 0.5) is 0 Å². The predicted molar refractivity (Wildman–Crippen MR) is 52.3 cm³/mol. The highest BCUT2D eigenvalue weighted by Gasteiger charge is 2.39. The van der Waals surface area contributed by atoms with Crippen LogP contribution in [0.2, 0.25) is 0 Å². The van der Waals surface area contributed by atoms with Gasteiger partial charge in [-0.15, -0.1) is 6.58 Å². The van der Waals surface area contributed by atoms with Gasteiger partial charge in [0.15, 0.2) is 5.78 Å². The minimum atomic E-state index is -1.27. The number of carbonyl (C=O) groups is 1. The van der Waals surface area contributed by atoms with Crippen molar-refractivity contribution in [2.75, 3.05) is 0 Å². The van der Waals surface area contributed by atoms with Gasteiger partial charge in [0, 0.05) is 5.92 Å². The number of allylic oxidation sites excluding steroid dienone is 1. The second kappa shape index (κ2) is 3.88. The molecule has 0 spiro atoms. The number of rotatable bonds is 3. The smallest absolute Gasteiger partial charge is 0.171 e. The number of ketones is 1. The maximum Gasteiger partial charge on any atom is 0.171 e. The summed E-state index contributed by atoms with van der Waals surface area (Å²) in [5.41, 5.74) is -1.27. The largest absolute Gasteiger partial charge is 0.378 e. The van der Waals surface area contributed by atoms with Gasteiger partial charge in [-0.1, -0.05) is 18.7 Å². The van der Waals surface area contributed by atoms with Crippen molar-refractivity contribution in [2.45, 2.75) is 31.3 Å². The third-order valence-corrected chi connectivity index (χ3v) is 2.70. The molecule has 1 rings (SSSR count). The Morgan fingerprint density at radius 1 is 1.62 bits per heavy atom. The molecule has 0 amide bonds. The van der Waals surface area contributed by atoms with Crippen LogP contribution < -0.4 is 0 Å². The number of Topliss-reactive ketones (excluding diaryl/α,β-unsaturated/α-hetero) is 1. The molecule has 0 bridgehead atoms. The third kappa shape index (κ3) is 1.89. The van der Waals surface area contributed by atoms with Crippen LogP contribution in [0.1, 0.15) is 25.7 Å². The molecule has 2 nitrogen and oxygen atoms in total. The molecule has 0 aromatic rings. The molecule has 1 aliphatic rings. The van der Waals surface area contributed by atoms with E-state index in [0.29, 0.717) is 12.8 Å². The zero-order chi connectivity index (χ0) is 9.90. The van der Waals surface area contributed by atoms with Crippen LogP contribution in [0.25, 0.3) is 0 Å². The van der Waals surface area contributed by atoms with Gasteiger partial charge < -0.3 is 5.11 Å². The van der Waals surface area contributed by atoms with Crippen LogP contribution in [0, 0.1) is 5.92 Å². The average molecular weight is 180 g/mol. The predicted octanol–water partition coefficient (Wildman–Crippen LogP) is 1.85. The molecule has 13 heavy (non-hydrogen) atoms. The lowest BCUT2D eigenvalue weighted by molar-refractivity contribution is -0.140. The Hall–Kier alpha value is -0.890. The summed E-state index contributed by atoms with van der Waals surface area (Å²) in [6.07, 6.45) is 6.02. The van der Waals surface area contributed by atoms with Crippen molar-refractivity contribution in [1.82, 2.24) is 0 Å². The van der Waals surface area contributed by atoms with E-state index in [0.717, 1.165) is 12.8 Å². The molecule has 1 saturated carbocycles. The van der Waals surface area contributed by atoms with Crippen LogP contribution in [0.15, 0.2) is 25.3 Å². The van der Waals surface area contributed by atoms with Crippen LogP contribution in [0.5, 0.6) is 0 Å². The maximum absolute atomic E-state index is 11.7. The van der Waals surface area contributed by atoms with Crippen molar-refractivity contribution >= 4 is 5.78 Å². The Labute approximate surface area is 79.0 Å². The summed E-state index contributed by atoms with van der Waals surface area (Å²) in [6, 6.07) is 0. The fraction of sp³-hybridized carbons (Fsp3) is 0.545. The molecule has 0 aromatic heterocycles. The third-order valence-electron chi connectivity index (χ3n) is 2.70. The first kappa shape index (κ1) is 10.2. The first-order valence-corrected chi connectivity index (χ1v) is 4.65. The van der Waals surface area contributed by atoms with E-state index in [1.165, 1.54) is 6.08 Å². The van der Waals surface area contributed by atoms with Gasteiger partial charge in [0.25, 0.3) is 0 Å². The number of carbonyl (C=O) groups excluding carboxylic acids is 1. The van der Waals surface area contributed by atoms with Crippen molar-refractivity contribution in [3.63, 3.8) is 0 Å². The Bertz CT molecular complexity index is 232. The minimum absolute atomic E-state index is 0.0609. The van der Waals surface area contributed by atoms with Crippen LogP contribution in [-0.2, 0) is 4.79 Å². The lowest BCUT2D eigenvalue weighted by Crippen LogP contribution is -2.44. The molecule has 2 atom stereocenters. The SMILES string of the molecule is C=CC[C@@H]1CCC[C@@](O)(C=C)C1=O. The molecular formula is C11H16O2. The highest BCUT2D eigenvalue weighted by Crippen LogP contribution is 2.31. The molecule has 0 aliphatic heterocycles. The molecule has 0 radical (unpaired) electrons. The lowest BCUT2D eigenvalue weighted by atomic mass is 9.75. The van der Waals surface area contributed by atoms with Gasteiger partial charge >= 0.3 is 0 Å². The highest BCUT2D eigenvalue weighted by molar-refractivity contribution is 5.91. The van der Waals surface area contributed by atoms with Gasteiger partial charge in [-0.3, -0.25) is 4.79 Å². The monoisotopic (exact) mass is 180 g/mol. The topological polar surface area (TPSA) is 37.3 Å². The minimum Gasteiger partial charge on any atom is -0.378 e. The fourth-order valence-electron chi connectivity index (χ4n) is 1.85. The van der Waals surface area contributed by atoms with Crippen molar-refractivity contribution in [2.24, 2.45) is 5.92 Å². The summed E-state index contributed by atoms with van der Waals surface area (Å²) in [5, 5.41) is 9.84. The van der Waals surface area contributed by atoms with E-state index in [-0.39, 0.29) is 11.7 Å². The second-order valence-corrected chi connectivity index (χ2v) is 3.61. The first-order valence-electron chi connectivity index (χ1n) is 4.65. The molecule has 0 saturated heterocycles. The van der Waals surface area contributed by atoms with Gasteiger partial charge in [0.2, 0.25) is 0 Å². The molecule has 0 unspecified atom stereocenters. The molecule has 1 aliphatic carbocycles. The Morgan fingerprint density at radius 2 is 2.31 bits per heavy atom. The van der Waals surface area contributed by atoms with E-state index in [2.05, 4.69) is 13.2 Å². The van der Waals surface area contributed by atoms with E-state index in [4.69, 9.17) is 0 Å². The molecular weight excluding hydrogens is 164 g/mol. The van der Waals surface area contributed by atoms with Gasteiger partial charge in [-0.2, -0.15) is 0 Å². The van der Waals surface area contributed by atoms with Crippen molar-refractivity contribution in [3.05, 3.63) is 25.3 Å². The first-order chi connectivity index (χ1) is 6.14. The highest BCUT2D eigenvalue weighted by atomic mass is 16.3. The van der Waals surface area contributed by atoms with Gasteiger partial charge in [0.05, 0.1) is 0 Å². The van der Waals surface area contributed by atoms with Crippen LogP contribution >= 0.6 is 0 Å². The number of hydrogen-bond acceptors (Lipinski definition) is 2. The molecule has 0 heterocycles. The van der Waals surface area contributed by atoms with E-state index >= 15 is 0 Å². The molecule has 0 aromatic carbocycles. The van der Waals surface area contributed by atoms with Crippen molar-refractivity contribution in [3.8, 4) is 0 Å². The normalized spacial score (nSPS) is 34.2. The van der Waals surface area contributed by atoms with E-state index < -0.39 is 5.60 Å². The Balaban J connectivity index is 2.76. The maximum atomic E-state index is 11.7. The summed E-state index contributed by atoms with van der Waals surface area (Å²) in [5.74, 6) is -0.150. The summed E-state index contributed by atoms with van der Waals surface area (Å²) in [6.45, 7) is 7.11. The fourth-order valence-corrected chi connectivity index (χ4v) is 1.85. The van der Waals surface area contributed by atoms with Crippen LogP contribution in [0.3, 0.4) is 0 Å². The van der Waals surface area contributed by atoms with E-state index in [1.54, 1.807) is 6.08 Å². The average Bonchev–Trinajstić information content (AvgIpc) is 2.14. The zero-order valence-electron chi connectivity index (χ0n) is 7.83. The summed E-state index contributed by atoms with van der Waals surface area (Å²) < 4.78 is 0. The zero-order valence-corrected chi connectivity index (χ0v) is 7.83. The second-order valence-electron chi connectivity index (χ2n) is 3.61. The summed E-state index contributed by atoms with van der Waals surface area (Å²) >= 11 is 0. The van der Waals surface area contributed by atoms with E-state index in [9.17, 15) is 9.90 Å². The summed E-state index contributed by atoms with van der Waals surface area (Å²) in [7, 11) is 0. The molecule has 2 heteroatoms. The molecule has 72 valence electrons. The Kier molecular flexibility index (Phi) is 3.04. The quantitative estimate of drug-likeness (QED) is 0.673.